The molecule has 0 aliphatic carbocycles. The SMILES string of the molecule is C/C=C/COC(=O)C1=C(C)NC(=O)NC1c1cccc(Cl)c1. The maximum Gasteiger partial charge on any atom is 0.338 e. The van der Waals surface area contributed by atoms with E-state index in [2.05, 4.69) is 10.6 Å². The molecule has 0 saturated heterocycles. The summed E-state index contributed by atoms with van der Waals surface area (Å²) in [5, 5.41) is 5.85. The Bertz CT molecular complexity index is 653. The molecular formula is C16H17ClN2O3. The summed E-state index contributed by atoms with van der Waals surface area (Å²) in [7, 11) is 0. The number of amides is 2. The van der Waals surface area contributed by atoms with Gasteiger partial charge in [0.15, 0.2) is 0 Å². The molecule has 1 atom stereocenters. The zero-order valence-corrected chi connectivity index (χ0v) is 13.1. The highest BCUT2D eigenvalue weighted by Gasteiger charge is 2.32. The maximum absolute atomic E-state index is 12.3. The lowest BCUT2D eigenvalue weighted by Gasteiger charge is -2.28. The molecule has 22 heavy (non-hydrogen) atoms. The van der Waals surface area contributed by atoms with Gasteiger partial charge in [-0.1, -0.05) is 35.9 Å². The lowest BCUT2D eigenvalue weighted by Crippen LogP contribution is -2.45. The highest BCUT2D eigenvalue weighted by atomic mass is 35.5. The average molecular weight is 321 g/mol. The van der Waals surface area contributed by atoms with Gasteiger partial charge in [-0.2, -0.15) is 0 Å². The Morgan fingerprint density at radius 1 is 1.45 bits per heavy atom. The van der Waals surface area contributed by atoms with Crippen molar-refractivity contribution in [2.45, 2.75) is 19.9 Å². The molecule has 1 aromatic carbocycles. The van der Waals surface area contributed by atoms with Crippen LogP contribution in [0.2, 0.25) is 5.02 Å². The van der Waals surface area contributed by atoms with Crippen LogP contribution in [0.25, 0.3) is 0 Å². The highest BCUT2D eigenvalue weighted by Crippen LogP contribution is 2.28. The van der Waals surface area contributed by atoms with E-state index in [0.29, 0.717) is 16.3 Å². The minimum Gasteiger partial charge on any atom is -0.458 e. The van der Waals surface area contributed by atoms with Gasteiger partial charge in [0, 0.05) is 10.7 Å². The van der Waals surface area contributed by atoms with Gasteiger partial charge in [-0.05, 0) is 31.5 Å². The van der Waals surface area contributed by atoms with E-state index in [4.69, 9.17) is 16.3 Å². The number of halogens is 1. The fourth-order valence-corrected chi connectivity index (χ4v) is 2.40. The number of carbonyl (C=O) groups excluding carboxylic acids is 2. The number of carbonyl (C=O) groups is 2. The summed E-state index contributed by atoms with van der Waals surface area (Å²) in [5.41, 5.74) is 1.56. The first-order chi connectivity index (χ1) is 10.5. The quantitative estimate of drug-likeness (QED) is 0.661. The third-order valence-corrected chi connectivity index (χ3v) is 3.45. The molecule has 0 saturated carbocycles. The number of benzene rings is 1. The molecule has 6 heteroatoms. The molecule has 1 heterocycles. The van der Waals surface area contributed by atoms with Gasteiger partial charge in [0.05, 0.1) is 11.6 Å². The first-order valence-corrected chi connectivity index (χ1v) is 7.22. The Morgan fingerprint density at radius 2 is 2.23 bits per heavy atom. The predicted molar refractivity (Wildman–Crippen MR) is 84.3 cm³/mol. The van der Waals surface area contributed by atoms with Crippen LogP contribution in [0.1, 0.15) is 25.5 Å². The normalized spacial score (nSPS) is 18.1. The van der Waals surface area contributed by atoms with Crippen LogP contribution in [-0.2, 0) is 9.53 Å². The van der Waals surface area contributed by atoms with Crippen molar-refractivity contribution in [2.75, 3.05) is 6.61 Å². The van der Waals surface area contributed by atoms with Crippen molar-refractivity contribution in [1.82, 2.24) is 10.6 Å². The second kappa shape index (κ2) is 7.13. The molecule has 5 nitrogen and oxygen atoms in total. The minimum atomic E-state index is -0.592. The molecule has 116 valence electrons. The van der Waals surface area contributed by atoms with E-state index in [1.807, 2.05) is 6.92 Å². The first-order valence-electron chi connectivity index (χ1n) is 6.85. The van der Waals surface area contributed by atoms with Crippen molar-refractivity contribution in [3.63, 3.8) is 0 Å². The van der Waals surface area contributed by atoms with Gasteiger partial charge in [0.1, 0.15) is 6.61 Å². The van der Waals surface area contributed by atoms with Crippen LogP contribution < -0.4 is 10.6 Å². The summed E-state index contributed by atoms with van der Waals surface area (Å²) in [5.74, 6) is -0.479. The topological polar surface area (TPSA) is 67.4 Å². The fourth-order valence-electron chi connectivity index (χ4n) is 2.20. The van der Waals surface area contributed by atoms with Crippen molar-refractivity contribution in [3.05, 3.63) is 58.3 Å². The summed E-state index contributed by atoms with van der Waals surface area (Å²) >= 11 is 6.00. The molecule has 0 aromatic heterocycles. The molecule has 1 aromatic rings. The largest absolute Gasteiger partial charge is 0.458 e. The third kappa shape index (κ3) is 3.68. The van der Waals surface area contributed by atoms with Crippen molar-refractivity contribution in [2.24, 2.45) is 0 Å². The van der Waals surface area contributed by atoms with Gasteiger partial charge in [-0.25, -0.2) is 9.59 Å². The molecule has 0 spiro atoms. The summed E-state index contributed by atoms with van der Waals surface area (Å²) in [6.45, 7) is 3.69. The Morgan fingerprint density at radius 3 is 2.91 bits per heavy atom. The molecule has 1 unspecified atom stereocenters. The van der Waals surface area contributed by atoms with Gasteiger partial charge >= 0.3 is 12.0 Å². The molecule has 1 aliphatic rings. The molecular weight excluding hydrogens is 304 g/mol. The van der Waals surface area contributed by atoms with Gasteiger partial charge in [0.2, 0.25) is 0 Å². The molecule has 2 rings (SSSR count). The molecule has 0 fully saturated rings. The summed E-state index contributed by atoms with van der Waals surface area (Å²) < 4.78 is 5.20. The van der Waals surface area contributed by atoms with E-state index in [-0.39, 0.29) is 12.6 Å². The maximum atomic E-state index is 12.3. The molecule has 2 N–H and O–H groups in total. The number of hydrogen-bond acceptors (Lipinski definition) is 3. The predicted octanol–water partition coefficient (Wildman–Crippen LogP) is 3.09. The lowest BCUT2D eigenvalue weighted by molar-refractivity contribution is -0.138. The van der Waals surface area contributed by atoms with Crippen LogP contribution in [0.5, 0.6) is 0 Å². The van der Waals surface area contributed by atoms with Crippen LogP contribution in [0.3, 0.4) is 0 Å². The van der Waals surface area contributed by atoms with Crippen LogP contribution in [0, 0.1) is 0 Å². The number of urea groups is 1. The Hall–Kier alpha value is -2.27. The number of ether oxygens (including phenoxy) is 1. The van der Waals surface area contributed by atoms with Crippen LogP contribution in [0.15, 0.2) is 47.7 Å². The lowest BCUT2D eigenvalue weighted by atomic mass is 9.95. The molecule has 2 amide bonds. The van der Waals surface area contributed by atoms with Gasteiger partial charge in [0.25, 0.3) is 0 Å². The van der Waals surface area contributed by atoms with E-state index >= 15 is 0 Å². The average Bonchev–Trinajstić information content (AvgIpc) is 2.46. The van der Waals surface area contributed by atoms with Crippen LogP contribution >= 0.6 is 11.6 Å². The van der Waals surface area contributed by atoms with Crippen molar-refractivity contribution >= 4 is 23.6 Å². The number of allylic oxidation sites excluding steroid dienone is 2. The fraction of sp³-hybridized carbons (Fsp3) is 0.250. The molecule has 0 radical (unpaired) electrons. The summed E-state index contributed by atoms with van der Waals surface area (Å²) in [4.78, 5) is 24.0. The zero-order chi connectivity index (χ0) is 16.1. The van der Waals surface area contributed by atoms with E-state index in [1.54, 1.807) is 43.3 Å². The minimum absolute atomic E-state index is 0.183. The van der Waals surface area contributed by atoms with E-state index < -0.39 is 12.0 Å². The van der Waals surface area contributed by atoms with Gasteiger partial charge in [-0.15, -0.1) is 0 Å². The summed E-state index contributed by atoms with van der Waals surface area (Å²) in [6, 6.07) is 6.05. The highest BCUT2D eigenvalue weighted by molar-refractivity contribution is 6.30. The smallest absolute Gasteiger partial charge is 0.338 e. The summed E-state index contributed by atoms with van der Waals surface area (Å²) in [6.07, 6.45) is 3.53. The monoisotopic (exact) mass is 320 g/mol. The standard InChI is InChI=1S/C16H17ClN2O3/c1-3-4-8-22-15(20)13-10(2)18-16(21)19-14(13)11-6-5-7-12(17)9-11/h3-7,9,14H,8H2,1-2H3,(H2,18,19,21)/b4-3+. The van der Waals surface area contributed by atoms with Crippen molar-refractivity contribution in [3.8, 4) is 0 Å². The molecule has 0 bridgehead atoms. The second-order valence-corrected chi connectivity index (χ2v) is 5.23. The molecule has 1 aliphatic heterocycles. The van der Waals surface area contributed by atoms with E-state index in [1.165, 1.54) is 0 Å². The Kier molecular flexibility index (Phi) is 5.22. The number of esters is 1. The number of rotatable bonds is 4. The second-order valence-electron chi connectivity index (χ2n) is 4.79. The Labute approximate surface area is 134 Å². The first kappa shape index (κ1) is 16.1. The van der Waals surface area contributed by atoms with Crippen molar-refractivity contribution < 1.29 is 14.3 Å². The van der Waals surface area contributed by atoms with Gasteiger partial charge in [-0.3, -0.25) is 0 Å². The number of nitrogens with one attached hydrogen (secondary N) is 2. The van der Waals surface area contributed by atoms with Crippen LogP contribution in [0.4, 0.5) is 4.79 Å². The Balaban J connectivity index is 2.34. The zero-order valence-electron chi connectivity index (χ0n) is 12.4. The van der Waals surface area contributed by atoms with E-state index in [0.717, 1.165) is 5.56 Å². The van der Waals surface area contributed by atoms with Crippen LogP contribution in [-0.4, -0.2) is 18.6 Å². The third-order valence-electron chi connectivity index (χ3n) is 3.22. The van der Waals surface area contributed by atoms with Crippen molar-refractivity contribution in [1.29, 1.82) is 0 Å². The van der Waals surface area contributed by atoms with E-state index in [9.17, 15) is 9.59 Å². The number of hydrogen-bond donors (Lipinski definition) is 2. The van der Waals surface area contributed by atoms with Gasteiger partial charge < -0.3 is 15.4 Å².